The van der Waals surface area contributed by atoms with Crippen molar-refractivity contribution in [3.63, 3.8) is 0 Å². The van der Waals surface area contributed by atoms with Gasteiger partial charge in [-0.2, -0.15) is 0 Å². The van der Waals surface area contributed by atoms with Gasteiger partial charge in [0.2, 0.25) is 0 Å². The summed E-state index contributed by atoms with van der Waals surface area (Å²) in [6.07, 6.45) is 0. The number of hydrogen-bond donors (Lipinski definition) is 2. The van der Waals surface area contributed by atoms with Gasteiger partial charge in [-0.3, -0.25) is 4.79 Å². The van der Waals surface area contributed by atoms with E-state index in [1.54, 1.807) is 6.07 Å². The summed E-state index contributed by atoms with van der Waals surface area (Å²) in [4.78, 5) is 19.3. The quantitative estimate of drug-likeness (QED) is 0.776. The molecule has 4 nitrogen and oxygen atoms in total. The minimum Gasteiger partial charge on any atom is -0.342 e. The van der Waals surface area contributed by atoms with E-state index in [0.29, 0.717) is 5.56 Å². The molecule has 0 aliphatic heterocycles. The van der Waals surface area contributed by atoms with Crippen LogP contribution in [-0.2, 0) is 5.41 Å². The SMILES string of the molecule is CC(C)(C)c1nc2ccc(C(=O)CN)cc2[nH]1. The topological polar surface area (TPSA) is 71.8 Å². The van der Waals surface area contributed by atoms with Gasteiger partial charge >= 0.3 is 0 Å². The highest BCUT2D eigenvalue weighted by Gasteiger charge is 2.18. The molecular formula is C13H17N3O. The molecule has 1 heterocycles. The largest absolute Gasteiger partial charge is 0.342 e. The Balaban J connectivity index is 2.52. The highest BCUT2D eigenvalue weighted by molar-refractivity contribution is 6.00. The summed E-state index contributed by atoms with van der Waals surface area (Å²) < 4.78 is 0. The maximum absolute atomic E-state index is 11.5. The van der Waals surface area contributed by atoms with Crippen molar-refractivity contribution >= 4 is 16.8 Å². The summed E-state index contributed by atoms with van der Waals surface area (Å²) in [5.41, 5.74) is 7.71. The molecule has 0 unspecified atom stereocenters. The number of carbonyl (C=O) groups excluding carboxylic acids is 1. The number of H-pyrrole nitrogens is 1. The van der Waals surface area contributed by atoms with Crippen molar-refractivity contribution in [1.29, 1.82) is 0 Å². The third-order valence-corrected chi connectivity index (χ3v) is 2.70. The number of nitrogens with two attached hydrogens (primary N) is 1. The van der Waals surface area contributed by atoms with Gasteiger partial charge in [0.05, 0.1) is 17.6 Å². The summed E-state index contributed by atoms with van der Waals surface area (Å²) in [5.74, 6) is 0.864. The summed E-state index contributed by atoms with van der Waals surface area (Å²) in [7, 11) is 0. The van der Waals surface area contributed by atoms with E-state index in [1.165, 1.54) is 0 Å². The Labute approximate surface area is 100 Å². The molecule has 4 heteroatoms. The van der Waals surface area contributed by atoms with E-state index in [9.17, 15) is 4.79 Å². The second kappa shape index (κ2) is 3.96. The van der Waals surface area contributed by atoms with Crippen molar-refractivity contribution in [2.45, 2.75) is 26.2 Å². The number of imidazole rings is 1. The Morgan fingerprint density at radius 2 is 2.12 bits per heavy atom. The molecule has 1 aromatic carbocycles. The van der Waals surface area contributed by atoms with E-state index in [0.717, 1.165) is 16.9 Å². The van der Waals surface area contributed by atoms with E-state index in [-0.39, 0.29) is 17.7 Å². The molecule has 1 aromatic heterocycles. The minimum absolute atomic E-state index is 0.0307. The van der Waals surface area contributed by atoms with Crippen LogP contribution in [0.1, 0.15) is 37.0 Å². The Bertz CT molecular complexity index is 564. The first-order valence-electron chi connectivity index (χ1n) is 5.65. The number of aromatic amines is 1. The zero-order valence-corrected chi connectivity index (χ0v) is 10.4. The number of aromatic nitrogens is 2. The fourth-order valence-corrected chi connectivity index (χ4v) is 1.66. The highest BCUT2D eigenvalue weighted by Crippen LogP contribution is 2.23. The van der Waals surface area contributed by atoms with Crippen molar-refractivity contribution in [1.82, 2.24) is 9.97 Å². The van der Waals surface area contributed by atoms with Crippen LogP contribution in [-0.4, -0.2) is 22.3 Å². The summed E-state index contributed by atoms with van der Waals surface area (Å²) >= 11 is 0. The number of Topliss-reactive ketones (excluding diaryl/α,β-unsaturated/α-hetero) is 1. The molecule has 0 fully saturated rings. The van der Waals surface area contributed by atoms with Crippen molar-refractivity contribution in [2.24, 2.45) is 5.73 Å². The zero-order valence-electron chi connectivity index (χ0n) is 10.4. The number of nitrogens with zero attached hydrogens (tertiary/aromatic N) is 1. The third kappa shape index (κ3) is 2.22. The van der Waals surface area contributed by atoms with Gasteiger partial charge in [-0.1, -0.05) is 20.8 Å². The first-order valence-corrected chi connectivity index (χ1v) is 5.65. The lowest BCUT2D eigenvalue weighted by molar-refractivity contribution is 0.100. The molecule has 17 heavy (non-hydrogen) atoms. The Morgan fingerprint density at radius 3 is 2.71 bits per heavy atom. The lowest BCUT2D eigenvalue weighted by atomic mass is 9.96. The second-order valence-electron chi connectivity index (χ2n) is 5.19. The van der Waals surface area contributed by atoms with Gasteiger partial charge in [0.25, 0.3) is 0 Å². The molecule has 0 atom stereocenters. The maximum Gasteiger partial charge on any atom is 0.176 e. The number of rotatable bonds is 2. The molecule has 0 saturated heterocycles. The van der Waals surface area contributed by atoms with Crippen LogP contribution in [0, 0.1) is 0 Å². The normalized spacial score (nSPS) is 12.0. The molecule has 90 valence electrons. The maximum atomic E-state index is 11.5. The standard InChI is InChI=1S/C13H17N3O/c1-13(2,3)12-15-9-5-4-8(11(17)7-14)6-10(9)16-12/h4-6H,7,14H2,1-3H3,(H,15,16). The monoisotopic (exact) mass is 231 g/mol. The minimum atomic E-state index is -0.0567. The number of fused-ring (bicyclic) bond motifs is 1. The average molecular weight is 231 g/mol. The van der Waals surface area contributed by atoms with Gasteiger partial charge in [-0.05, 0) is 18.2 Å². The molecule has 0 bridgehead atoms. The van der Waals surface area contributed by atoms with Crippen molar-refractivity contribution < 1.29 is 4.79 Å². The van der Waals surface area contributed by atoms with E-state index < -0.39 is 0 Å². The van der Waals surface area contributed by atoms with Crippen LogP contribution in [0.4, 0.5) is 0 Å². The van der Waals surface area contributed by atoms with Gasteiger partial charge in [0.15, 0.2) is 5.78 Å². The van der Waals surface area contributed by atoms with Crippen LogP contribution < -0.4 is 5.73 Å². The molecule has 0 aliphatic rings. The predicted octanol–water partition coefficient (Wildman–Crippen LogP) is 2.00. The van der Waals surface area contributed by atoms with Gasteiger partial charge in [0.1, 0.15) is 5.82 Å². The van der Waals surface area contributed by atoms with Crippen LogP contribution in [0.2, 0.25) is 0 Å². The van der Waals surface area contributed by atoms with Gasteiger partial charge in [-0.25, -0.2) is 4.98 Å². The average Bonchev–Trinajstić information content (AvgIpc) is 2.70. The van der Waals surface area contributed by atoms with Gasteiger partial charge in [-0.15, -0.1) is 0 Å². The van der Waals surface area contributed by atoms with Crippen LogP contribution in [0.15, 0.2) is 18.2 Å². The molecular weight excluding hydrogens is 214 g/mol. The highest BCUT2D eigenvalue weighted by atomic mass is 16.1. The first-order chi connectivity index (χ1) is 7.91. The fraction of sp³-hybridized carbons (Fsp3) is 0.385. The van der Waals surface area contributed by atoms with Gasteiger partial charge in [0, 0.05) is 11.0 Å². The smallest absolute Gasteiger partial charge is 0.176 e. The summed E-state index contributed by atoms with van der Waals surface area (Å²) in [6, 6.07) is 5.43. The first kappa shape index (κ1) is 11.8. The third-order valence-electron chi connectivity index (χ3n) is 2.70. The number of ketones is 1. The number of hydrogen-bond acceptors (Lipinski definition) is 3. The van der Waals surface area contributed by atoms with E-state index >= 15 is 0 Å². The lowest BCUT2D eigenvalue weighted by Gasteiger charge is -2.13. The van der Waals surface area contributed by atoms with Crippen LogP contribution in [0.3, 0.4) is 0 Å². The van der Waals surface area contributed by atoms with Crippen molar-refractivity contribution in [2.75, 3.05) is 6.54 Å². The Morgan fingerprint density at radius 1 is 1.41 bits per heavy atom. The molecule has 0 amide bonds. The summed E-state index contributed by atoms with van der Waals surface area (Å²) in [6.45, 7) is 6.32. The summed E-state index contributed by atoms with van der Waals surface area (Å²) in [5, 5.41) is 0. The number of nitrogens with one attached hydrogen (secondary N) is 1. The zero-order chi connectivity index (χ0) is 12.6. The van der Waals surface area contributed by atoms with Gasteiger partial charge < -0.3 is 10.7 Å². The second-order valence-corrected chi connectivity index (χ2v) is 5.19. The fourth-order valence-electron chi connectivity index (χ4n) is 1.66. The van der Waals surface area contributed by atoms with E-state index in [2.05, 4.69) is 30.7 Å². The molecule has 0 spiro atoms. The predicted molar refractivity (Wildman–Crippen MR) is 68.2 cm³/mol. The van der Waals surface area contributed by atoms with Crippen LogP contribution in [0.5, 0.6) is 0 Å². The number of carbonyl (C=O) groups is 1. The molecule has 0 radical (unpaired) electrons. The van der Waals surface area contributed by atoms with Crippen molar-refractivity contribution in [3.8, 4) is 0 Å². The van der Waals surface area contributed by atoms with Crippen molar-refractivity contribution in [3.05, 3.63) is 29.6 Å². The molecule has 0 aliphatic carbocycles. The van der Waals surface area contributed by atoms with E-state index in [1.807, 2.05) is 12.1 Å². The van der Waals surface area contributed by atoms with E-state index in [4.69, 9.17) is 5.73 Å². The molecule has 2 rings (SSSR count). The number of benzene rings is 1. The Kier molecular flexibility index (Phi) is 2.75. The lowest BCUT2D eigenvalue weighted by Crippen LogP contribution is -2.13. The molecule has 2 aromatic rings. The van der Waals surface area contributed by atoms with Crippen LogP contribution in [0.25, 0.3) is 11.0 Å². The van der Waals surface area contributed by atoms with Crippen LogP contribution >= 0.6 is 0 Å². The Hall–Kier alpha value is -1.68. The molecule has 0 saturated carbocycles. The molecule has 3 N–H and O–H groups in total.